The van der Waals surface area contributed by atoms with Gasteiger partial charge in [0.25, 0.3) is 0 Å². The number of halogens is 2. The maximum absolute atomic E-state index is 13.4. The number of anilines is 1. The third-order valence-corrected chi connectivity index (χ3v) is 3.00. The average molecular weight is 281 g/mol. The highest BCUT2D eigenvalue weighted by atomic mass is 35.5. The number of rotatable bonds is 2. The van der Waals surface area contributed by atoms with Gasteiger partial charge in [-0.25, -0.2) is 14.4 Å². The summed E-state index contributed by atoms with van der Waals surface area (Å²) in [4.78, 5) is 8.12. The Balaban J connectivity index is 2.01. The second kappa shape index (κ2) is 4.55. The Kier molecular flexibility index (Phi) is 2.87. The van der Waals surface area contributed by atoms with Crippen LogP contribution in [-0.2, 0) is 4.74 Å². The lowest BCUT2D eigenvalue weighted by Crippen LogP contribution is -2.24. The Morgan fingerprint density at radius 1 is 1.53 bits per heavy atom. The minimum atomic E-state index is -0.499. The third kappa shape index (κ3) is 2.04. The Labute approximate surface area is 113 Å². The van der Waals surface area contributed by atoms with E-state index in [2.05, 4.69) is 20.6 Å². The van der Waals surface area contributed by atoms with Crippen molar-refractivity contribution in [2.45, 2.75) is 6.23 Å². The largest absolute Gasteiger partial charge is 0.473 e. The molecular weight excluding hydrogens is 271 g/mol. The molecule has 3 heterocycles. The van der Waals surface area contributed by atoms with Crippen molar-refractivity contribution in [1.29, 1.82) is 0 Å². The first kappa shape index (κ1) is 12.0. The number of hydrogen-bond acceptors (Lipinski definition) is 5. The monoisotopic (exact) mass is 280 g/mol. The zero-order valence-electron chi connectivity index (χ0n) is 9.95. The van der Waals surface area contributed by atoms with Crippen LogP contribution >= 0.6 is 11.6 Å². The molecule has 1 unspecified atom stereocenters. The van der Waals surface area contributed by atoms with Gasteiger partial charge in [0.05, 0.1) is 11.2 Å². The van der Waals surface area contributed by atoms with Gasteiger partial charge in [0.1, 0.15) is 6.26 Å². The predicted molar refractivity (Wildman–Crippen MR) is 69.5 cm³/mol. The van der Waals surface area contributed by atoms with Crippen molar-refractivity contribution in [2.75, 3.05) is 12.4 Å². The van der Waals surface area contributed by atoms with E-state index in [1.165, 1.54) is 6.26 Å². The minimum Gasteiger partial charge on any atom is -0.473 e. The van der Waals surface area contributed by atoms with Gasteiger partial charge >= 0.3 is 0 Å². The van der Waals surface area contributed by atoms with Gasteiger partial charge in [-0.05, 0) is 6.08 Å². The highest BCUT2D eigenvalue weighted by Gasteiger charge is 2.29. The molecule has 7 heteroatoms. The van der Waals surface area contributed by atoms with Gasteiger partial charge < -0.3 is 15.4 Å². The van der Waals surface area contributed by atoms with Crippen LogP contribution in [0.25, 0.3) is 5.57 Å². The molecule has 0 saturated heterocycles. The normalized spacial score (nSPS) is 20.6. The molecule has 2 aliphatic rings. The molecule has 2 N–H and O–H groups in total. The number of nitrogens with zero attached hydrogens (tertiary/aromatic N) is 2. The zero-order valence-corrected chi connectivity index (χ0v) is 10.7. The third-order valence-electron chi connectivity index (χ3n) is 2.80. The summed E-state index contributed by atoms with van der Waals surface area (Å²) in [5.41, 5.74) is 1.55. The summed E-state index contributed by atoms with van der Waals surface area (Å²) in [7, 11) is 1.60. The van der Waals surface area contributed by atoms with E-state index in [9.17, 15) is 4.39 Å². The molecule has 0 aromatic carbocycles. The Morgan fingerprint density at radius 3 is 3.16 bits per heavy atom. The first-order valence-corrected chi connectivity index (χ1v) is 5.97. The van der Waals surface area contributed by atoms with Gasteiger partial charge in [-0.3, -0.25) is 0 Å². The molecule has 0 radical (unpaired) electrons. The van der Waals surface area contributed by atoms with Crippen LogP contribution in [0, 0.1) is 5.82 Å². The number of hydrogen-bond donors (Lipinski definition) is 2. The van der Waals surface area contributed by atoms with Gasteiger partial charge in [-0.1, -0.05) is 11.6 Å². The van der Waals surface area contributed by atoms with E-state index in [0.29, 0.717) is 10.9 Å². The van der Waals surface area contributed by atoms with E-state index in [-0.39, 0.29) is 12.0 Å². The van der Waals surface area contributed by atoms with Crippen molar-refractivity contribution in [2.24, 2.45) is 0 Å². The summed E-state index contributed by atoms with van der Waals surface area (Å²) in [6.07, 6.45) is 5.79. The van der Waals surface area contributed by atoms with Crippen molar-refractivity contribution in [1.82, 2.24) is 15.3 Å². The van der Waals surface area contributed by atoms with E-state index < -0.39 is 5.82 Å². The van der Waals surface area contributed by atoms with Gasteiger partial charge in [0.15, 0.2) is 23.7 Å². The Morgan fingerprint density at radius 2 is 2.37 bits per heavy atom. The standard InChI is InChI=1S/C12H10ClFN4O/c1-15-11-9(14)4-16-10(18-11)8-3-17-12-7(8)2-6(13)5-19-12/h2-5,12,17H,1H3,(H,15,16,18). The van der Waals surface area contributed by atoms with Crippen LogP contribution in [0.1, 0.15) is 5.82 Å². The number of nitrogens with one attached hydrogen (secondary N) is 2. The fraction of sp³-hybridized carbons (Fsp3) is 0.167. The van der Waals surface area contributed by atoms with Gasteiger partial charge in [-0.15, -0.1) is 0 Å². The van der Waals surface area contributed by atoms with E-state index in [4.69, 9.17) is 16.3 Å². The first-order valence-electron chi connectivity index (χ1n) is 5.59. The lowest BCUT2D eigenvalue weighted by atomic mass is 10.1. The van der Waals surface area contributed by atoms with E-state index in [0.717, 1.165) is 17.3 Å². The minimum absolute atomic E-state index is 0.147. The molecule has 0 amide bonds. The number of aromatic nitrogens is 2. The number of fused-ring (bicyclic) bond motifs is 1. The molecule has 0 aliphatic carbocycles. The molecule has 0 spiro atoms. The molecule has 3 rings (SSSR count). The average Bonchev–Trinajstić information content (AvgIpc) is 2.82. The highest BCUT2D eigenvalue weighted by Crippen LogP contribution is 2.33. The second-order valence-corrected chi connectivity index (χ2v) is 4.42. The molecule has 19 heavy (non-hydrogen) atoms. The molecule has 0 saturated carbocycles. The molecule has 1 aromatic rings. The topological polar surface area (TPSA) is 59.1 Å². The molecular formula is C12H10ClFN4O. The fourth-order valence-electron chi connectivity index (χ4n) is 1.92. The maximum Gasteiger partial charge on any atom is 0.196 e. The van der Waals surface area contributed by atoms with Crippen molar-refractivity contribution in [3.8, 4) is 0 Å². The number of allylic oxidation sites excluding steroid dienone is 2. The molecule has 0 bridgehead atoms. The fourth-order valence-corrected chi connectivity index (χ4v) is 2.09. The lowest BCUT2D eigenvalue weighted by molar-refractivity contribution is 0.162. The van der Waals surface area contributed by atoms with E-state index in [1.54, 1.807) is 19.3 Å². The van der Waals surface area contributed by atoms with Crippen LogP contribution < -0.4 is 10.6 Å². The predicted octanol–water partition coefficient (Wildman–Crippen LogP) is 1.96. The molecule has 2 aliphatic heterocycles. The second-order valence-electron chi connectivity index (χ2n) is 3.98. The molecule has 1 aromatic heterocycles. The first-order chi connectivity index (χ1) is 9.19. The van der Waals surface area contributed by atoms with Crippen LogP contribution in [0.3, 0.4) is 0 Å². The Hall–Kier alpha value is -2.08. The Bertz CT molecular complexity index is 626. The molecule has 1 atom stereocenters. The molecule has 5 nitrogen and oxygen atoms in total. The summed E-state index contributed by atoms with van der Waals surface area (Å²) in [6.45, 7) is 0. The smallest absolute Gasteiger partial charge is 0.196 e. The van der Waals surface area contributed by atoms with Crippen LogP contribution in [0.15, 0.2) is 35.3 Å². The highest BCUT2D eigenvalue weighted by molar-refractivity contribution is 6.31. The van der Waals surface area contributed by atoms with Crippen LogP contribution in [0.2, 0.25) is 0 Å². The van der Waals surface area contributed by atoms with Crippen LogP contribution in [0.5, 0.6) is 0 Å². The summed E-state index contributed by atoms with van der Waals surface area (Å²) in [5, 5.41) is 6.19. The summed E-state index contributed by atoms with van der Waals surface area (Å²) in [6, 6.07) is 0. The van der Waals surface area contributed by atoms with Crippen LogP contribution in [0.4, 0.5) is 10.2 Å². The molecule has 98 valence electrons. The van der Waals surface area contributed by atoms with Crippen molar-refractivity contribution in [3.63, 3.8) is 0 Å². The van der Waals surface area contributed by atoms with Gasteiger partial charge in [0.2, 0.25) is 0 Å². The van der Waals surface area contributed by atoms with E-state index in [1.807, 2.05) is 0 Å². The molecule has 0 fully saturated rings. The summed E-state index contributed by atoms with van der Waals surface area (Å²) in [5.74, 6) is 0.0523. The van der Waals surface area contributed by atoms with Gasteiger partial charge in [-0.2, -0.15) is 0 Å². The van der Waals surface area contributed by atoms with Crippen molar-refractivity contribution in [3.05, 3.63) is 47.0 Å². The quantitative estimate of drug-likeness (QED) is 0.867. The number of ether oxygens (including phenoxy) is 1. The van der Waals surface area contributed by atoms with Crippen molar-refractivity contribution >= 4 is 23.0 Å². The zero-order chi connectivity index (χ0) is 13.4. The van der Waals surface area contributed by atoms with E-state index >= 15 is 0 Å². The SMILES string of the molecule is CNc1nc(C2=CNC3OC=C(Cl)C=C23)ncc1F. The lowest BCUT2D eigenvalue weighted by Gasteiger charge is -2.18. The van der Waals surface area contributed by atoms with Gasteiger partial charge in [0, 0.05) is 24.4 Å². The summed E-state index contributed by atoms with van der Waals surface area (Å²) < 4.78 is 18.7. The summed E-state index contributed by atoms with van der Waals surface area (Å²) >= 11 is 5.91. The maximum atomic E-state index is 13.4. The van der Waals surface area contributed by atoms with Crippen molar-refractivity contribution < 1.29 is 9.13 Å². The van der Waals surface area contributed by atoms with Crippen LogP contribution in [-0.4, -0.2) is 23.2 Å².